The minimum atomic E-state index is 1.24. The maximum Gasteiger partial charge on any atom is -0.0171 e. The van der Waals surface area contributed by atoms with E-state index in [1.54, 1.807) is 0 Å². The highest BCUT2D eigenvalue weighted by atomic mass is 14.1. The van der Waals surface area contributed by atoms with E-state index < -0.39 is 0 Å². The smallest absolute Gasteiger partial charge is 0.0171 e. The summed E-state index contributed by atoms with van der Waals surface area (Å²) >= 11 is 0. The molecule has 5 aromatic carbocycles. The van der Waals surface area contributed by atoms with Crippen LogP contribution in [0.3, 0.4) is 0 Å². The zero-order valence-corrected chi connectivity index (χ0v) is 16.5. The second-order valence-corrected chi connectivity index (χ2v) is 7.60. The summed E-state index contributed by atoms with van der Waals surface area (Å²) in [7, 11) is 0. The first-order valence-corrected chi connectivity index (χ1v) is 10.0. The van der Waals surface area contributed by atoms with Crippen LogP contribution in [0.15, 0.2) is 115 Å². The molecule has 0 amide bonds. The predicted molar refractivity (Wildman–Crippen MR) is 125 cm³/mol. The number of fused-ring (bicyclic) bond motifs is 1. The van der Waals surface area contributed by atoms with Crippen LogP contribution in [0.1, 0.15) is 5.56 Å². The van der Waals surface area contributed by atoms with Gasteiger partial charge in [-0.2, -0.15) is 0 Å². The van der Waals surface area contributed by atoms with E-state index in [1.807, 2.05) is 0 Å². The Morgan fingerprint density at radius 3 is 1.41 bits per heavy atom. The zero-order valence-electron chi connectivity index (χ0n) is 16.5. The Balaban J connectivity index is 1.70. The van der Waals surface area contributed by atoms with E-state index in [2.05, 4.69) is 122 Å². The van der Waals surface area contributed by atoms with Gasteiger partial charge in [0.15, 0.2) is 0 Å². The molecular weight excluding hydrogens is 348 g/mol. The monoisotopic (exact) mass is 370 g/mol. The molecule has 0 aliphatic rings. The molecule has 0 aliphatic heterocycles. The van der Waals surface area contributed by atoms with Crippen molar-refractivity contribution in [2.24, 2.45) is 0 Å². The predicted octanol–water partition coefficient (Wildman–Crippen LogP) is 8.15. The third-order valence-electron chi connectivity index (χ3n) is 5.48. The van der Waals surface area contributed by atoms with Gasteiger partial charge in [-0.1, -0.05) is 96.6 Å². The van der Waals surface area contributed by atoms with Crippen molar-refractivity contribution >= 4 is 10.8 Å². The maximum atomic E-state index is 2.30. The molecule has 0 bridgehead atoms. The van der Waals surface area contributed by atoms with Crippen molar-refractivity contribution in [1.82, 2.24) is 0 Å². The molecular formula is C29H22. The van der Waals surface area contributed by atoms with Gasteiger partial charge in [-0.25, -0.2) is 0 Å². The first-order valence-electron chi connectivity index (χ1n) is 10.0. The van der Waals surface area contributed by atoms with Gasteiger partial charge in [0.05, 0.1) is 0 Å². The van der Waals surface area contributed by atoms with Crippen molar-refractivity contribution in [2.75, 3.05) is 0 Å². The summed E-state index contributed by atoms with van der Waals surface area (Å²) in [6.45, 7) is 2.14. The Hall–Kier alpha value is -3.64. The highest BCUT2D eigenvalue weighted by molar-refractivity contribution is 5.89. The molecule has 5 aromatic rings. The molecule has 0 saturated carbocycles. The lowest BCUT2D eigenvalue weighted by molar-refractivity contribution is 1.50. The fourth-order valence-electron chi connectivity index (χ4n) is 3.93. The number of hydrogen-bond donors (Lipinski definition) is 0. The third kappa shape index (κ3) is 3.58. The van der Waals surface area contributed by atoms with E-state index in [-0.39, 0.29) is 0 Å². The second kappa shape index (κ2) is 7.41. The van der Waals surface area contributed by atoms with Gasteiger partial charge in [-0.05, 0) is 75.3 Å². The molecule has 0 heteroatoms. The molecule has 0 spiro atoms. The Labute approximate surface area is 172 Å². The lowest BCUT2D eigenvalue weighted by Gasteiger charge is -2.12. The zero-order chi connectivity index (χ0) is 19.6. The quantitative estimate of drug-likeness (QED) is 0.300. The molecule has 0 radical (unpaired) electrons. The van der Waals surface area contributed by atoms with Crippen LogP contribution in [0, 0.1) is 6.92 Å². The molecule has 0 aromatic heterocycles. The first-order chi connectivity index (χ1) is 14.3. The average molecular weight is 370 g/mol. The Morgan fingerprint density at radius 1 is 0.345 bits per heavy atom. The lowest BCUT2D eigenvalue weighted by atomic mass is 9.92. The van der Waals surface area contributed by atoms with Crippen molar-refractivity contribution < 1.29 is 0 Å². The lowest BCUT2D eigenvalue weighted by Crippen LogP contribution is -1.86. The van der Waals surface area contributed by atoms with Gasteiger partial charge in [0.25, 0.3) is 0 Å². The number of rotatable bonds is 3. The van der Waals surface area contributed by atoms with Crippen LogP contribution in [0.25, 0.3) is 44.2 Å². The third-order valence-corrected chi connectivity index (χ3v) is 5.48. The molecule has 0 fully saturated rings. The highest BCUT2D eigenvalue weighted by Gasteiger charge is 2.08. The summed E-state index contributed by atoms with van der Waals surface area (Å²) < 4.78 is 0. The largest absolute Gasteiger partial charge is 0.0622 e. The minimum Gasteiger partial charge on any atom is -0.0622 e. The van der Waals surface area contributed by atoms with Crippen LogP contribution < -0.4 is 0 Å². The molecule has 0 nitrogen and oxygen atoms in total. The van der Waals surface area contributed by atoms with Crippen molar-refractivity contribution in [3.63, 3.8) is 0 Å². The van der Waals surface area contributed by atoms with Gasteiger partial charge in [0, 0.05) is 0 Å². The summed E-state index contributed by atoms with van der Waals surface area (Å²) in [5.74, 6) is 0. The van der Waals surface area contributed by atoms with E-state index in [0.29, 0.717) is 0 Å². The summed E-state index contributed by atoms with van der Waals surface area (Å²) in [5.41, 5.74) is 8.74. The fourth-order valence-corrected chi connectivity index (χ4v) is 3.93. The summed E-state index contributed by atoms with van der Waals surface area (Å²) in [6, 6.07) is 41.5. The summed E-state index contributed by atoms with van der Waals surface area (Å²) in [5, 5.41) is 2.57. The SMILES string of the molecule is Cc1ccc2cc(-c3cc(-c4ccccc4)cc(-c4ccccc4)c3)ccc2c1. The topological polar surface area (TPSA) is 0 Å². The van der Waals surface area contributed by atoms with Crippen molar-refractivity contribution in [1.29, 1.82) is 0 Å². The van der Waals surface area contributed by atoms with E-state index in [0.717, 1.165) is 0 Å². The molecule has 0 saturated heterocycles. The fraction of sp³-hybridized carbons (Fsp3) is 0.0345. The molecule has 0 heterocycles. The number of aryl methyl sites for hydroxylation is 1. The van der Waals surface area contributed by atoms with Crippen molar-refractivity contribution in [2.45, 2.75) is 6.92 Å². The first kappa shape index (κ1) is 17.5. The van der Waals surface area contributed by atoms with E-state index in [9.17, 15) is 0 Å². The Morgan fingerprint density at radius 2 is 0.828 bits per heavy atom. The molecule has 0 aliphatic carbocycles. The molecule has 0 atom stereocenters. The maximum absolute atomic E-state index is 2.30. The normalized spacial score (nSPS) is 10.9. The van der Waals surface area contributed by atoms with Crippen LogP contribution in [0.2, 0.25) is 0 Å². The number of benzene rings is 5. The minimum absolute atomic E-state index is 1.24. The molecule has 5 rings (SSSR count). The summed E-state index contributed by atoms with van der Waals surface area (Å²) in [4.78, 5) is 0. The highest BCUT2D eigenvalue weighted by Crippen LogP contribution is 2.34. The van der Waals surface area contributed by atoms with E-state index in [1.165, 1.54) is 49.7 Å². The molecule has 29 heavy (non-hydrogen) atoms. The van der Waals surface area contributed by atoms with E-state index >= 15 is 0 Å². The van der Waals surface area contributed by atoms with Gasteiger partial charge < -0.3 is 0 Å². The van der Waals surface area contributed by atoms with Crippen molar-refractivity contribution in [3.8, 4) is 33.4 Å². The molecule has 0 unspecified atom stereocenters. The Bertz CT molecular complexity index is 1220. The molecule has 0 N–H and O–H groups in total. The second-order valence-electron chi connectivity index (χ2n) is 7.60. The van der Waals surface area contributed by atoms with Crippen LogP contribution in [-0.2, 0) is 0 Å². The van der Waals surface area contributed by atoms with Gasteiger partial charge in [0.2, 0.25) is 0 Å². The van der Waals surface area contributed by atoms with Gasteiger partial charge in [-0.3, -0.25) is 0 Å². The van der Waals surface area contributed by atoms with E-state index in [4.69, 9.17) is 0 Å². The average Bonchev–Trinajstić information content (AvgIpc) is 2.79. The van der Waals surface area contributed by atoms with Crippen molar-refractivity contribution in [3.05, 3.63) is 121 Å². The van der Waals surface area contributed by atoms with Gasteiger partial charge in [0.1, 0.15) is 0 Å². The van der Waals surface area contributed by atoms with Crippen LogP contribution in [0.5, 0.6) is 0 Å². The Kier molecular flexibility index (Phi) is 4.46. The van der Waals surface area contributed by atoms with Crippen LogP contribution in [-0.4, -0.2) is 0 Å². The standard InChI is InChI=1S/C29H22/c1-21-12-13-25-17-26(15-14-24(25)16-21)29-19-27(22-8-4-2-5-9-22)18-28(20-29)23-10-6-3-7-11-23/h2-20H,1H3. The van der Waals surface area contributed by atoms with Gasteiger partial charge >= 0.3 is 0 Å². The summed E-state index contributed by atoms with van der Waals surface area (Å²) in [6.07, 6.45) is 0. The van der Waals surface area contributed by atoms with Crippen LogP contribution >= 0.6 is 0 Å². The van der Waals surface area contributed by atoms with Gasteiger partial charge in [-0.15, -0.1) is 0 Å². The molecule has 138 valence electrons. The number of hydrogen-bond acceptors (Lipinski definition) is 0. The van der Waals surface area contributed by atoms with Crippen LogP contribution in [0.4, 0.5) is 0 Å².